The number of carbonyl (C=O) groups is 4. The molecule has 0 rings (SSSR count). The minimum Gasteiger partial charge on any atom is -0.462 e. The number of rotatable bonds is 67. The minimum absolute atomic E-state index is 0.102. The van der Waals surface area contributed by atoms with E-state index in [2.05, 4.69) is 55.4 Å². The van der Waals surface area contributed by atoms with Crippen molar-refractivity contribution in [2.45, 2.75) is 363 Å². The lowest BCUT2D eigenvalue weighted by Crippen LogP contribution is -2.30. The molecule has 3 N–H and O–H groups in total. The van der Waals surface area contributed by atoms with E-state index in [4.69, 9.17) is 37.0 Å². The molecule has 528 valence electrons. The van der Waals surface area contributed by atoms with Gasteiger partial charge in [-0.15, -0.1) is 0 Å². The molecule has 17 nitrogen and oxygen atoms in total. The average molecular weight is 1310 g/mol. The van der Waals surface area contributed by atoms with Gasteiger partial charge >= 0.3 is 39.5 Å². The minimum atomic E-state index is -4.95. The standard InChI is InChI=1S/C70H136O17P2/c1-9-62(7)48-40-32-26-28-35-43-51-68(73)81-57-65(86-69(74)52-44-36-25-20-16-14-12-11-13-15-18-22-30-38-46-60(3)4)58-84-88(76,77)82-54-64(71)55-83-89(78,79)85-59-66(87-70(75)53-45-37-29-27-33-41-49-63(8)10-2)56-80-67(72)50-42-34-24-21-17-19-23-31-39-47-61(5)6/h60-66,71H,9-59H2,1-8H3,(H,76,77)(H,78,79)/t62?,63?,64-,65+,66+/m0/s1. The molecule has 0 aliphatic carbocycles. The van der Waals surface area contributed by atoms with Crippen molar-refractivity contribution < 1.29 is 80.2 Å². The number of carbonyl (C=O) groups excluding carboxylic acids is 4. The van der Waals surface area contributed by atoms with Gasteiger partial charge in [-0.05, 0) is 49.4 Å². The second-order valence-electron chi connectivity index (χ2n) is 26.7. The third-order valence-electron chi connectivity index (χ3n) is 16.8. The number of hydrogen-bond donors (Lipinski definition) is 3. The Balaban J connectivity index is 5.23. The third-order valence-corrected chi connectivity index (χ3v) is 18.7. The largest absolute Gasteiger partial charge is 0.472 e. The van der Waals surface area contributed by atoms with Crippen molar-refractivity contribution in [3.8, 4) is 0 Å². The lowest BCUT2D eigenvalue weighted by Gasteiger charge is -2.21. The number of phosphoric acid groups is 2. The fourth-order valence-corrected chi connectivity index (χ4v) is 12.0. The Kier molecular flexibility index (Phi) is 58.5. The van der Waals surface area contributed by atoms with Crippen LogP contribution in [0.4, 0.5) is 0 Å². The zero-order valence-corrected chi connectivity index (χ0v) is 59.8. The van der Waals surface area contributed by atoms with Gasteiger partial charge in [0, 0.05) is 25.7 Å². The molecule has 0 aromatic rings. The summed E-state index contributed by atoms with van der Waals surface area (Å²) in [5.41, 5.74) is 0. The molecule has 0 spiro atoms. The maximum absolute atomic E-state index is 13.0. The first kappa shape index (κ1) is 87.1. The van der Waals surface area contributed by atoms with Crippen LogP contribution in [0, 0.1) is 23.7 Å². The van der Waals surface area contributed by atoms with Gasteiger partial charge in [-0.25, -0.2) is 9.13 Å². The number of hydrogen-bond acceptors (Lipinski definition) is 15. The maximum atomic E-state index is 13.0. The first-order valence-electron chi connectivity index (χ1n) is 36.3. The van der Waals surface area contributed by atoms with Crippen LogP contribution < -0.4 is 0 Å². The molecule has 0 aromatic heterocycles. The molecule has 7 atom stereocenters. The fourth-order valence-electron chi connectivity index (χ4n) is 10.4. The topological polar surface area (TPSA) is 237 Å². The normalized spacial score (nSPS) is 14.9. The zero-order chi connectivity index (χ0) is 66.1. The van der Waals surface area contributed by atoms with Gasteiger partial charge in [0.05, 0.1) is 26.4 Å². The molecular weight excluding hydrogens is 1170 g/mol. The molecule has 0 heterocycles. The highest BCUT2D eigenvalue weighted by Crippen LogP contribution is 2.45. The van der Waals surface area contributed by atoms with Crippen molar-refractivity contribution in [3.05, 3.63) is 0 Å². The van der Waals surface area contributed by atoms with E-state index in [1.165, 1.54) is 141 Å². The number of phosphoric ester groups is 2. The van der Waals surface area contributed by atoms with E-state index in [1.54, 1.807) is 0 Å². The number of ether oxygens (including phenoxy) is 4. The molecule has 0 aliphatic heterocycles. The lowest BCUT2D eigenvalue weighted by molar-refractivity contribution is -0.161. The van der Waals surface area contributed by atoms with Crippen LogP contribution >= 0.6 is 15.6 Å². The van der Waals surface area contributed by atoms with E-state index >= 15 is 0 Å². The van der Waals surface area contributed by atoms with E-state index in [0.29, 0.717) is 25.7 Å². The lowest BCUT2D eigenvalue weighted by atomic mass is 10.00. The van der Waals surface area contributed by atoms with Crippen LogP contribution in [0.1, 0.15) is 344 Å². The van der Waals surface area contributed by atoms with Crippen LogP contribution in [0.15, 0.2) is 0 Å². The Labute approximate surface area is 543 Å². The quantitative estimate of drug-likeness (QED) is 0.0222. The van der Waals surface area contributed by atoms with Crippen LogP contribution in [0.2, 0.25) is 0 Å². The SMILES string of the molecule is CCC(C)CCCCCCCCC(=O)OC[C@H](COP(=O)(O)OC[C@H](O)COP(=O)(O)OC[C@@H](COC(=O)CCCCCCCCCCCC(C)C)OC(=O)CCCCCCCCC(C)CC)OC(=O)CCCCCCCCCCCCCCCCC(C)C. The van der Waals surface area contributed by atoms with E-state index in [9.17, 15) is 43.2 Å². The number of esters is 4. The molecule has 0 amide bonds. The van der Waals surface area contributed by atoms with E-state index < -0.39 is 97.5 Å². The number of unbranched alkanes of at least 4 members (excludes halogenated alkanes) is 31. The van der Waals surface area contributed by atoms with Gasteiger partial charge in [0.25, 0.3) is 0 Å². The summed E-state index contributed by atoms with van der Waals surface area (Å²) < 4.78 is 68.2. The van der Waals surface area contributed by atoms with Crippen molar-refractivity contribution in [1.29, 1.82) is 0 Å². The highest BCUT2D eigenvalue weighted by Gasteiger charge is 2.30. The second kappa shape index (κ2) is 59.8. The summed E-state index contributed by atoms with van der Waals surface area (Å²) in [4.78, 5) is 72.5. The molecule has 4 unspecified atom stereocenters. The van der Waals surface area contributed by atoms with Gasteiger partial charge in [0.15, 0.2) is 12.2 Å². The highest BCUT2D eigenvalue weighted by molar-refractivity contribution is 7.47. The molecule has 19 heteroatoms. The highest BCUT2D eigenvalue weighted by atomic mass is 31.2. The average Bonchev–Trinajstić information content (AvgIpc) is 3.71. The Bertz CT molecular complexity index is 1770. The predicted octanol–water partition coefficient (Wildman–Crippen LogP) is 19.7. The van der Waals surface area contributed by atoms with Crippen LogP contribution in [0.25, 0.3) is 0 Å². The first-order chi connectivity index (χ1) is 42.7. The van der Waals surface area contributed by atoms with Gasteiger partial charge in [-0.2, -0.15) is 0 Å². The third kappa shape index (κ3) is 62.0. The Morgan fingerprint density at radius 1 is 0.315 bits per heavy atom. The summed E-state index contributed by atoms with van der Waals surface area (Å²) in [6.45, 7) is 14.1. The van der Waals surface area contributed by atoms with Crippen molar-refractivity contribution in [2.24, 2.45) is 23.7 Å². The number of aliphatic hydroxyl groups excluding tert-OH is 1. The van der Waals surface area contributed by atoms with Gasteiger partial charge in [-0.1, -0.05) is 293 Å². The molecule has 0 radical (unpaired) electrons. The van der Waals surface area contributed by atoms with Gasteiger partial charge in [0.2, 0.25) is 0 Å². The first-order valence-corrected chi connectivity index (χ1v) is 39.3. The maximum Gasteiger partial charge on any atom is 0.472 e. The fraction of sp³-hybridized carbons (Fsp3) is 0.943. The second-order valence-corrected chi connectivity index (χ2v) is 29.6. The van der Waals surface area contributed by atoms with Crippen LogP contribution in [-0.2, 0) is 65.4 Å². The van der Waals surface area contributed by atoms with E-state index in [1.807, 2.05) is 0 Å². The summed E-state index contributed by atoms with van der Waals surface area (Å²) in [7, 11) is -9.90. The number of aliphatic hydroxyl groups is 1. The van der Waals surface area contributed by atoms with Crippen molar-refractivity contribution in [1.82, 2.24) is 0 Å². The Hall–Kier alpha value is -1.94. The molecule has 0 aromatic carbocycles. The molecular formula is C70H136O17P2. The van der Waals surface area contributed by atoms with Crippen LogP contribution in [0.5, 0.6) is 0 Å². The monoisotopic (exact) mass is 1310 g/mol. The van der Waals surface area contributed by atoms with Gasteiger partial charge in [-0.3, -0.25) is 37.3 Å². The Morgan fingerprint density at radius 3 is 0.798 bits per heavy atom. The molecule has 0 bridgehead atoms. The van der Waals surface area contributed by atoms with Gasteiger partial charge < -0.3 is 33.8 Å². The summed E-state index contributed by atoms with van der Waals surface area (Å²) >= 11 is 0. The van der Waals surface area contributed by atoms with Gasteiger partial charge in [0.1, 0.15) is 19.3 Å². The molecule has 0 fully saturated rings. The summed E-state index contributed by atoms with van der Waals surface area (Å²) in [6, 6.07) is 0. The van der Waals surface area contributed by atoms with Crippen LogP contribution in [-0.4, -0.2) is 96.7 Å². The molecule has 89 heavy (non-hydrogen) atoms. The molecule has 0 aliphatic rings. The summed E-state index contributed by atoms with van der Waals surface area (Å²) in [6.07, 6.45) is 41.8. The Morgan fingerprint density at radius 2 is 0.539 bits per heavy atom. The molecule has 0 saturated heterocycles. The van der Waals surface area contributed by atoms with E-state index in [-0.39, 0.29) is 25.7 Å². The zero-order valence-electron chi connectivity index (χ0n) is 58.1. The predicted molar refractivity (Wildman–Crippen MR) is 358 cm³/mol. The van der Waals surface area contributed by atoms with Crippen molar-refractivity contribution in [2.75, 3.05) is 39.6 Å². The van der Waals surface area contributed by atoms with E-state index in [0.717, 1.165) is 120 Å². The summed E-state index contributed by atoms with van der Waals surface area (Å²) in [5, 5.41) is 10.6. The summed E-state index contributed by atoms with van der Waals surface area (Å²) in [5.74, 6) is 0.857. The van der Waals surface area contributed by atoms with Crippen molar-refractivity contribution >= 4 is 39.5 Å². The molecule has 0 saturated carbocycles. The van der Waals surface area contributed by atoms with Crippen molar-refractivity contribution in [3.63, 3.8) is 0 Å². The van der Waals surface area contributed by atoms with Crippen LogP contribution in [0.3, 0.4) is 0 Å². The smallest absolute Gasteiger partial charge is 0.462 e.